The molecule has 2 rings (SSSR count). The van der Waals surface area contributed by atoms with Crippen LogP contribution < -0.4 is 10.1 Å². The lowest BCUT2D eigenvalue weighted by atomic mass is 9.77. The van der Waals surface area contributed by atoms with Gasteiger partial charge in [-0.05, 0) is 48.3 Å². The first-order valence-electron chi connectivity index (χ1n) is 9.25. The van der Waals surface area contributed by atoms with Crippen molar-refractivity contribution in [2.45, 2.75) is 46.1 Å². The zero-order chi connectivity index (χ0) is 18.4. The van der Waals surface area contributed by atoms with Gasteiger partial charge < -0.3 is 20.1 Å². The SMILES string of the molecule is CCC1(CO)CCN(C(=O)NC(c2ccc(OC)cc2)C(C)C)CC1. The first kappa shape index (κ1) is 19.6. The minimum absolute atomic E-state index is 0.00971. The van der Waals surface area contributed by atoms with E-state index in [1.165, 1.54) is 0 Å². The minimum Gasteiger partial charge on any atom is -0.497 e. The van der Waals surface area contributed by atoms with Gasteiger partial charge in [0.15, 0.2) is 0 Å². The van der Waals surface area contributed by atoms with Crippen LogP contribution in [0.4, 0.5) is 4.79 Å². The van der Waals surface area contributed by atoms with Gasteiger partial charge >= 0.3 is 6.03 Å². The predicted octanol–water partition coefficient (Wildman–Crippen LogP) is 3.59. The molecule has 1 aliphatic rings. The van der Waals surface area contributed by atoms with E-state index in [0.29, 0.717) is 13.1 Å². The Morgan fingerprint density at radius 1 is 1.28 bits per heavy atom. The molecule has 1 atom stereocenters. The molecule has 0 radical (unpaired) electrons. The van der Waals surface area contributed by atoms with E-state index in [1.807, 2.05) is 29.2 Å². The third-order valence-electron chi connectivity index (χ3n) is 5.62. The number of urea groups is 1. The molecule has 1 fully saturated rings. The van der Waals surface area contributed by atoms with E-state index in [1.54, 1.807) is 7.11 Å². The molecule has 1 aromatic carbocycles. The molecule has 2 amide bonds. The molecular formula is C20H32N2O3. The molecule has 0 bridgehead atoms. The van der Waals surface area contributed by atoms with E-state index in [9.17, 15) is 9.90 Å². The molecule has 0 aliphatic carbocycles. The van der Waals surface area contributed by atoms with Crippen molar-refractivity contribution in [3.05, 3.63) is 29.8 Å². The molecule has 5 heteroatoms. The second-order valence-corrected chi connectivity index (χ2v) is 7.44. The summed E-state index contributed by atoms with van der Waals surface area (Å²) in [6.45, 7) is 7.95. The fourth-order valence-electron chi connectivity index (χ4n) is 3.48. The first-order valence-corrected chi connectivity index (χ1v) is 9.25. The summed E-state index contributed by atoms with van der Waals surface area (Å²) in [7, 11) is 1.65. The smallest absolute Gasteiger partial charge is 0.317 e. The lowest BCUT2D eigenvalue weighted by molar-refractivity contribution is 0.0512. The second kappa shape index (κ2) is 8.56. The van der Waals surface area contributed by atoms with Crippen molar-refractivity contribution in [1.29, 1.82) is 0 Å². The van der Waals surface area contributed by atoms with Gasteiger partial charge in [0.2, 0.25) is 0 Å². The lowest BCUT2D eigenvalue weighted by Crippen LogP contribution is -2.49. The Labute approximate surface area is 151 Å². The molecule has 1 aliphatic heterocycles. The van der Waals surface area contributed by atoms with Crippen LogP contribution in [-0.4, -0.2) is 42.8 Å². The van der Waals surface area contributed by atoms with Crippen LogP contribution in [0.1, 0.15) is 51.6 Å². The number of aliphatic hydroxyl groups excluding tert-OH is 1. The third-order valence-corrected chi connectivity index (χ3v) is 5.62. The molecule has 1 unspecified atom stereocenters. The number of likely N-dealkylation sites (tertiary alicyclic amines) is 1. The van der Waals surface area contributed by atoms with Crippen LogP contribution in [0.2, 0.25) is 0 Å². The van der Waals surface area contributed by atoms with Crippen molar-refractivity contribution in [2.24, 2.45) is 11.3 Å². The maximum Gasteiger partial charge on any atom is 0.317 e. The Hall–Kier alpha value is -1.75. The van der Waals surface area contributed by atoms with Crippen LogP contribution in [0.3, 0.4) is 0 Å². The van der Waals surface area contributed by atoms with Crippen molar-refractivity contribution in [3.8, 4) is 5.75 Å². The highest BCUT2D eigenvalue weighted by Crippen LogP contribution is 2.34. The van der Waals surface area contributed by atoms with E-state index in [2.05, 4.69) is 26.1 Å². The second-order valence-electron chi connectivity index (χ2n) is 7.44. The van der Waals surface area contributed by atoms with Crippen molar-refractivity contribution in [2.75, 3.05) is 26.8 Å². The van der Waals surface area contributed by atoms with E-state index in [4.69, 9.17) is 4.74 Å². The summed E-state index contributed by atoms with van der Waals surface area (Å²) in [5.41, 5.74) is 1.07. The number of aliphatic hydroxyl groups is 1. The monoisotopic (exact) mass is 348 g/mol. The average Bonchev–Trinajstić information content (AvgIpc) is 2.66. The highest BCUT2D eigenvalue weighted by Gasteiger charge is 2.34. The molecule has 0 spiro atoms. The fourth-order valence-corrected chi connectivity index (χ4v) is 3.48. The van der Waals surface area contributed by atoms with Gasteiger partial charge in [-0.2, -0.15) is 0 Å². The van der Waals surface area contributed by atoms with Gasteiger partial charge in [0, 0.05) is 19.7 Å². The summed E-state index contributed by atoms with van der Waals surface area (Å²) in [5.74, 6) is 1.10. The molecule has 1 heterocycles. The zero-order valence-corrected chi connectivity index (χ0v) is 15.9. The number of carbonyl (C=O) groups excluding carboxylic acids is 1. The van der Waals surface area contributed by atoms with Gasteiger partial charge in [-0.1, -0.05) is 32.9 Å². The standard InChI is InChI=1S/C20H32N2O3/c1-5-20(14-23)10-12-22(13-11-20)19(24)21-18(15(2)3)16-6-8-17(25-4)9-7-16/h6-9,15,18,23H,5,10-14H2,1-4H3,(H,21,24). The number of hydrogen-bond donors (Lipinski definition) is 2. The van der Waals surface area contributed by atoms with Crippen molar-refractivity contribution in [1.82, 2.24) is 10.2 Å². The Kier molecular flexibility index (Phi) is 6.71. The molecule has 140 valence electrons. The summed E-state index contributed by atoms with van der Waals surface area (Å²) >= 11 is 0. The molecule has 0 aromatic heterocycles. The summed E-state index contributed by atoms with van der Waals surface area (Å²) in [5, 5.41) is 12.8. The Bertz CT molecular complexity index is 543. The van der Waals surface area contributed by atoms with E-state index < -0.39 is 0 Å². The molecule has 2 N–H and O–H groups in total. The summed E-state index contributed by atoms with van der Waals surface area (Å²) in [6, 6.07) is 7.82. The third kappa shape index (κ3) is 4.66. The number of nitrogens with one attached hydrogen (secondary N) is 1. The van der Waals surface area contributed by atoms with Crippen LogP contribution >= 0.6 is 0 Å². The Morgan fingerprint density at radius 2 is 1.88 bits per heavy atom. The van der Waals surface area contributed by atoms with E-state index in [0.717, 1.165) is 30.6 Å². The Morgan fingerprint density at radius 3 is 2.32 bits per heavy atom. The highest BCUT2D eigenvalue weighted by atomic mass is 16.5. The number of piperidine rings is 1. The van der Waals surface area contributed by atoms with Crippen LogP contribution in [0.15, 0.2) is 24.3 Å². The zero-order valence-electron chi connectivity index (χ0n) is 15.9. The largest absolute Gasteiger partial charge is 0.497 e. The number of carbonyl (C=O) groups is 1. The number of ether oxygens (including phenoxy) is 1. The number of nitrogens with zero attached hydrogens (tertiary/aromatic N) is 1. The van der Waals surface area contributed by atoms with Crippen molar-refractivity contribution in [3.63, 3.8) is 0 Å². The number of benzene rings is 1. The van der Waals surface area contributed by atoms with Crippen LogP contribution in [-0.2, 0) is 0 Å². The minimum atomic E-state index is -0.0332. The number of methoxy groups -OCH3 is 1. The fraction of sp³-hybridized carbons (Fsp3) is 0.650. The number of rotatable bonds is 6. The van der Waals surface area contributed by atoms with Gasteiger partial charge in [-0.15, -0.1) is 0 Å². The average molecular weight is 348 g/mol. The van der Waals surface area contributed by atoms with Gasteiger partial charge in [-0.25, -0.2) is 4.79 Å². The quantitative estimate of drug-likeness (QED) is 0.826. The van der Waals surface area contributed by atoms with Crippen molar-refractivity contribution < 1.29 is 14.6 Å². The Balaban J connectivity index is 2.01. The number of hydrogen-bond acceptors (Lipinski definition) is 3. The maximum absolute atomic E-state index is 12.7. The van der Waals surface area contributed by atoms with Gasteiger partial charge in [0.05, 0.1) is 13.2 Å². The molecule has 5 nitrogen and oxygen atoms in total. The summed E-state index contributed by atoms with van der Waals surface area (Å²) in [4.78, 5) is 14.6. The molecule has 1 aromatic rings. The maximum atomic E-state index is 12.7. The highest BCUT2D eigenvalue weighted by molar-refractivity contribution is 5.75. The predicted molar refractivity (Wildman–Crippen MR) is 99.7 cm³/mol. The topological polar surface area (TPSA) is 61.8 Å². The van der Waals surface area contributed by atoms with Gasteiger partial charge in [0.1, 0.15) is 5.75 Å². The van der Waals surface area contributed by atoms with E-state index >= 15 is 0 Å². The van der Waals surface area contributed by atoms with Crippen molar-refractivity contribution >= 4 is 6.03 Å². The number of amides is 2. The van der Waals surface area contributed by atoms with Gasteiger partial charge in [-0.3, -0.25) is 0 Å². The summed E-state index contributed by atoms with van der Waals surface area (Å²) < 4.78 is 5.21. The van der Waals surface area contributed by atoms with Crippen LogP contribution in [0.5, 0.6) is 5.75 Å². The van der Waals surface area contributed by atoms with Crippen LogP contribution in [0.25, 0.3) is 0 Å². The molecule has 25 heavy (non-hydrogen) atoms. The molecular weight excluding hydrogens is 316 g/mol. The van der Waals surface area contributed by atoms with Gasteiger partial charge in [0.25, 0.3) is 0 Å². The molecule has 1 saturated heterocycles. The molecule has 0 saturated carbocycles. The normalized spacial score (nSPS) is 18.1. The first-order chi connectivity index (χ1) is 11.9. The van der Waals surface area contributed by atoms with Crippen LogP contribution in [0, 0.1) is 11.3 Å². The van der Waals surface area contributed by atoms with E-state index in [-0.39, 0.29) is 30.0 Å². The lowest BCUT2D eigenvalue weighted by Gasteiger charge is -2.40. The summed E-state index contributed by atoms with van der Waals surface area (Å²) in [6.07, 6.45) is 2.68.